The molecule has 2 aromatic carbocycles. The number of benzene rings is 2. The van der Waals surface area contributed by atoms with Crippen LogP contribution in [0.4, 0.5) is 15.8 Å². The molecular weight excluding hydrogens is 599 g/mol. The molecule has 2 amide bonds. The van der Waals surface area contributed by atoms with Crippen LogP contribution in [-0.4, -0.2) is 76.8 Å². The maximum atomic E-state index is 14.0. The lowest BCUT2D eigenvalue weighted by molar-refractivity contribution is -0.384. The summed E-state index contributed by atoms with van der Waals surface area (Å²) in [6, 6.07) is 6.98. The first-order chi connectivity index (χ1) is 19.6. The number of hydrogen-bond acceptors (Lipinski definition) is 7. The number of aromatic amines is 1. The molecule has 1 aliphatic heterocycles. The first kappa shape index (κ1) is 28.7. The number of carbonyl (C=O) groups excluding carboxylic acids is 2. The van der Waals surface area contributed by atoms with Gasteiger partial charge in [0, 0.05) is 65.8 Å². The van der Waals surface area contributed by atoms with Crippen molar-refractivity contribution in [2.24, 2.45) is 0 Å². The molecule has 3 aromatic rings. The van der Waals surface area contributed by atoms with Crippen LogP contribution in [0.5, 0.6) is 0 Å². The lowest BCUT2D eigenvalue weighted by Gasteiger charge is -2.35. The molecular formula is C28H30BrFN6O5. The number of halogens is 2. The molecule has 2 aliphatic rings. The minimum Gasteiger partial charge on any atom is -0.374 e. The maximum Gasteiger partial charge on any atom is 0.294 e. The number of likely N-dealkylation sites (N-methyl/N-ethyl adjacent to an activating group) is 1. The van der Waals surface area contributed by atoms with Crippen molar-refractivity contribution in [1.29, 1.82) is 0 Å². The van der Waals surface area contributed by atoms with E-state index < -0.39 is 34.3 Å². The van der Waals surface area contributed by atoms with E-state index in [1.54, 1.807) is 11.0 Å². The van der Waals surface area contributed by atoms with Gasteiger partial charge in [-0.3, -0.25) is 24.5 Å². The first-order valence-corrected chi connectivity index (χ1v) is 14.3. The standard InChI is InChI=1S/C28H30BrFN6O5/c1-34-8-10-35(11-9-34)28(39)20-12-16(29)13-24(36(40)41)26(20)32-22-4-2-3-5-23(22)33-27(38)19-15-25(37)31-21-7-6-17(30)14-18(19)21/h6-7,12-15,22-23,32H,2-5,8-11H2,1H3,(H,31,37)(H,33,38)/t22-,23+/m1/s1. The quantitative estimate of drug-likeness (QED) is 0.278. The van der Waals surface area contributed by atoms with Crippen LogP contribution in [0.3, 0.4) is 0 Å². The van der Waals surface area contributed by atoms with Crippen LogP contribution in [0.1, 0.15) is 46.4 Å². The fourth-order valence-corrected chi connectivity index (χ4v) is 6.00. The number of fused-ring (bicyclic) bond motifs is 1. The number of rotatable bonds is 6. The van der Waals surface area contributed by atoms with Gasteiger partial charge in [-0.2, -0.15) is 0 Å². The molecule has 216 valence electrons. The molecule has 0 radical (unpaired) electrons. The summed E-state index contributed by atoms with van der Waals surface area (Å²) in [7, 11) is 1.97. The number of hydrogen-bond donors (Lipinski definition) is 3. The molecule has 2 heterocycles. The molecule has 5 rings (SSSR count). The van der Waals surface area contributed by atoms with Crippen molar-refractivity contribution in [2.45, 2.75) is 37.8 Å². The van der Waals surface area contributed by atoms with Crippen molar-refractivity contribution in [3.8, 4) is 0 Å². The number of nitrogens with zero attached hydrogens (tertiary/aromatic N) is 3. The highest BCUT2D eigenvalue weighted by Crippen LogP contribution is 2.36. The Hall–Kier alpha value is -3.84. The largest absolute Gasteiger partial charge is 0.374 e. The van der Waals surface area contributed by atoms with Crippen LogP contribution in [0.2, 0.25) is 0 Å². The molecule has 0 unspecified atom stereocenters. The van der Waals surface area contributed by atoms with Gasteiger partial charge in [0.1, 0.15) is 11.5 Å². The van der Waals surface area contributed by atoms with Crippen LogP contribution in [0.15, 0.2) is 45.7 Å². The fraction of sp³-hybridized carbons (Fsp3) is 0.393. The predicted molar refractivity (Wildman–Crippen MR) is 156 cm³/mol. The van der Waals surface area contributed by atoms with E-state index in [0.717, 1.165) is 18.9 Å². The average Bonchev–Trinajstić information content (AvgIpc) is 2.94. The first-order valence-electron chi connectivity index (χ1n) is 13.5. The summed E-state index contributed by atoms with van der Waals surface area (Å²) in [5.41, 5.74) is -0.0824. The Balaban J connectivity index is 1.46. The van der Waals surface area contributed by atoms with Crippen molar-refractivity contribution < 1.29 is 18.9 Å². The summed E-state index contributed by atoms with van der Waals surface area (Å²) in [5, 5.41) is 18.6. The van der Waals surface area contributed by atoms with Crippen LogP contribution < -0.4 is 16.2 Å². The molecule has 11 nitrogen and oxygen atoms in total. The number of H-pyrrole nitrogens is 1. The SMILES string of the molecule is CN1CCN(C(=O)c2cc(Br)cc([N+](=O)[O-])c2N[C@@H]2CCCC[C@@H]2NC(=O)c2cc(=O)[nH]c3ccc(F)cc23)CC1. The fourth-order valence-electron chi connectivity index (χ4n) is 5.56. The highest BCUT2D eigenvalue weighted by molar-refractivity contribution is 9.10. The molecule has 2 fully saturated rings. The highest BCUT2D eigenvalue weighted by atomic mass is 79.9. The number of nitrogens with one attached hydrogen (secondary N) is 3. The molecule has 3 N–H and O–H groups in total. The van der Waals surface area contributed by atoms with Gasteiger partial charge in [0.2, 0.25) is 5.56 Å². The third kappa shape index (κ3) is 6.25. The Morgan fingerprint density at radius 1 is 1.05 bits per heavy atom. The molecule has 1 saturated heterocycles. The summed E-state index contributed by atoms with van der Waals surface area (Å²) in [6.07, 6.45) is 2.79. The minimum atomic E-state index is -0.551. The van der Waals surface area contributed by atoms with Crippen molar-refractivity contribution in [2.75, 3.05) is 38.5 Å². The van der Waals surface area contributed by atoms with Gasteiger partial charge in [-0.25, -0.2) is 4.39 Å². The van der Waals surface area contributed by atoms with Crippen LogP contribution in [-0.2, 0) is 0 Å². The van der Waals surface area contributed by atoms with E-state index in [2.05, 4.69) is 36.4 Å². The summed E-state index contributed by atoms with van der Waals surface area (Å²) >= 11 is 3.32. The van der Waals surface area contributed by atoms with Gasteiger partial charge in [-0.05, 0) is 44.2 Å². The lowest BCUT2D eigenvalue weighted by atomic mass is 9.89. The molecule has 41 heavy (non-hydrogen) atoms. The number of aromatic nitrogens is 1. The van der Waals surface area contributed by atoms with E-state index in [9.17, 15) is 28.9 Å². The molecule has 0 bridgehead atoms. The normalized spacial score (nSPS) is 19.6. The molecule has 1 aromatic heterocycles. The summed E-state index contributed by atoms with van der Waals surface area (Å²) in [4.78, 5) is 57.3. The predicted octanol–water partition coefficient (Wildman–Crippen LogP) is 3.88. The zero-order chi connectivity index (χ0) is 29.3. The Labute approximate surface area is 243 Å². The van der Waals surface area contributed by atoms with Gasteiger partial charge in [-0.1, -0.05) is 28.8 Å². The van der Waals surface area contributed by atoms with E-state index in [1.807, 2.05) is 7.05 Å². The maximum absolute atomic E-state index is 14.0. The minimum absolute atomic E-state index is 0.0353. The van der Waals surface area contributed by atoms with Gasteiger partial charge >= 0.3 is 0 Å². The third-order valence-electron chi connectivity index (χ3n) is 7.76. The Morgan fingerprint density at radius 2 is 1.76 bits per heavy atom. The van der Waals surface area contributed by atoms with Crippen LogP contribution in [0.25, 0.3) is 10.9 Å². The third-order valence-corrected chi connectivity index (χ3v) is 8.22. The van der Waals surface area contributed by atoms with Crippen molar-refractivity contribution in [3.63, 3.8) is 0 Å². The van der Waals surface area contributed by atoms with E-state index in [-0.39, 0.29) is 33.8 Å². The Kier molecular flexibility index (Phi) is 8.36. The van der Waals surface area contributed by atoms with E-state index in [4.69, 9.17) is 0 Å². The van der Waals surface area contributed by atoms with Gasteiger partial charge < -0.3 is 25.4 Å². The summed E-state index contributed by atoms with van der Waals surface area (Å²) in [5.74, 6) is -1.40. The Bertz CT molecular complexity index is 1570. The second-order valence-corrected chi connectivity index (χ2v) is 11.5. The van der Waals surface area contributed by atoms with Crippen molar-refractivity contribution in [3.05, 3.63) is 78.3 Å². The summed E-state index contributed by atoms with van der Waals surface area (Å²) in [6.45, 7) is 2.40. The lowest BCUT2D eigenvalue weighted by Crippen LogP contribution is -2.49. The monoisotopic (exact) mass is 628 g/mol. The van der Waals surface area contributed by atoms with Crippen molar-refractivity contribution >= 4 is 50.0 Å². The second-order valence-electron chi connectivity index (χ2n) is 10.6. The average molecular weight is 629 g/mol. The smallest absolute Gasteiger partial charge is 0.294 e. The number of amides is 2. The van der Waals surface area contributed by atoms with E-state index >= 15 is 0 Å². The Morgan fingerprint density at radius 3 is 2.46 bits per heavy atom. The summed E-state index contributed by atoms with van der Waals surface area (Å²) < 4.78 is 14.4. The zero-order valence-corrected chi connectivity index (χ0v) is 24.0. The molecule has 1 saturated carbocycles. The number of nitro groups is 1. The zero-order valence-electron chi connectivity index (χ0n) is 22.4. The van der Waals surface area contributed by atoms with Gasteiger partial charge in [0.05, 0.1) is 16.1 Å². The van der Waals surface area contributed by atoms with Gasteiger partial charge in [0.15, 0.2) is 0 Å². The number of carbonyl (C=O) groups is 2. The number of pyridine rings is 1. The molecule has 0 spiro atoms. The number of anilines is 1. The van der Waals surface area contributed by atoms with Crippen LogP contribution >= 0.6 is 15.9 Å². The highest BCUT2D eigenvalue weighted by Gasteiger charge is 2.33. The van der Waals surface area contributed by atoms with Crippen LogP contribution in [0, 0.1) is 15.9 Å². The van der Waals surface area contributed by atoms with E-state index in [1.165, 1.54) is 24.3 Å². The number of nitro benzene ring substituents is 1. The molecule has 1 aliphatic carbocycles. The van der Waals surface area contributed by atoms with Crippen molar-refractivity contribution in [1.82, 2.24) is 20.1 Å². The molecule has 13 heteroatoms. The van der Waals surface area contributed by atoms with E-state index in [0.29, 0.717) is 49.0 Å². The topological polar surface area (TPSA) is 141 Å². The molecule has 2 atom stereocenters. The second kappa shape index (κ2) is 12.0. The van der Waals surface area contributed by atoms with Gasteiger partial charge in [-0.15, -0.1) is 0 Å². The van der Waals surface area contributed by atoms with Gasteiger partial charge in [0.25, 0.3) is 17.5 Å². The number of piperazine rings is 1.